The van der Waals surface area contributed by atoms with Crippen LogP contribution in [0.15, 0.2) is 41.3 Å². The highest BCUT2D eigenvalue weighted by atomic mass is 32.1. The predicted molar refractivity (Wildman–Crippen MR) is 56.8 cm³/mol. The van der Waals surface area contributed by atoms with Crippen LogP contribution in [0.4, 0.5) is 0 Å². The van der Waals surface area contributed by atoms with E-state index in [9.17, 15) is 4.79 Å². The average molecular weight is 202 g/mol. The number of hydrogen-bond donors (Lipinski definition) is 0. The smallest absolute Gasteiger partial charge is 0.237 e. The molecule has 0 radical (unpaired) electrons. The summed E-state index contributed by atoms with van der Waals surface area (Å²) in [5.74, 6) is 0. The second-order valence-electron chi connectivity index (χ2n) is 2.99. The standard InChI is InChI=1S/C10H6N2OS/c13-9-5-6-12-8-4-2-1-3-7(8)11-10(12)14-9/h1-6H. The Morgan fingerprint density at radius 2 is 2.07 bits per heavy atom. The SMILES string of the molecule is O=c1ccn2c(nc3ccccc32)s1. The van der Waals surface area contributed by atoms with Gasteiger partial charge in [0.15, 0.2) is 4.96 Å². The summed E-state index contributed by atoms with van der Waals surface area (Å²) in [6.07, 6.45) is 1.77. The molecule has 0 aliphatic carbocycles. The molecule has 0 saturated heterocycles. The van der Waals surface area contributed by atoms with Crippen molar-refractivity contribution in [3.63, 3.8) is 0 Å². The first-order valence-corrected chi connectivity index (χ1v) is 5.03. The molecule has 0 atom stereocenters. The van der Waals surface area contributed by atoms with E-state index >= 15 is 0 Å². The third-order valence-electron chi connectivity index (χ3n) is 2.12. The normalized spacial score (nSPS) is 11.1. The molecule has 0 N–H and O–H groups in total. The molecule has 1 aromatic carbocycles. The first kappa shape index (κ1) is 7.70. The number of benzene rings is 1. The van der Waals surface area contributed by atoms with Crippen molar-refractivity contribution >= 4 is 27.3 Å². The number of hydrogen-bond acceptors (Lipinski definition) is 3. The van der Waals surface area contributed by atoms with Gasteiger partial charge in [-0.1, -0.05) is 23.5 Å². The summed E-state index contributed by atoms with van der Waals surface area (Å²) in [5.41, 5.74) is 1.97. The predicted octanol–water partition coefficient (Wildman–Crippen LogP) is 1.91. The minimum Gasteiger partial charge on any atom is -0.291 e. The third-order valence-corrected chi connectivity index (χ3v) is 2.92. The topological polar surface area (TPSA) is 34.4 Å². The van der Waals surface area contributed by atoms with E-state index in [4.69, 9.17) is 0 Å². The van der Waals surface area contributed by atoms with Crippen molar-refractivity contribution in [1.29, 1.82) is 0 Å². The second kappa shape index (κ2) is 2.65. The molecule has 0 fully saturated rings. The summed E-state index contributed by atoms with van der Waals surface area (Å²) in [4.78, 5) is 16.2. The third kappa shape index (κ3) is 0.975. The molecule has 3 aromatic rings. The maximum absolute atomic E-state index is 11.1. The molecule has 3 rings (SSSR count). The number of para-hydroxylation sites is 2. The van der Waals surface area contributed by atoms with Gasteiger partial charge in [-0.25, -0.2) is 4.98 Å². The van der Waals surface area contributed by atoms with E-state index < -0.39 is 0 Å². The largest absolute Gasteiger partial charge is 0.291 e. The number of imidazole rings is 1. The Hall–Kier alpha value is -1.68. The fourth-order valence-corrected chi connectivity index (χ4v) is 2.21. The van der Waals surface area contributed by atoms with Crippen molar-refractivity contribution in [1.82, 2.24) is 9.38 Å². The summed E-state index contributed by atoms with van der Waals surface area (Å²) in [7, 11) is 0. The van der Waals surface area contributed by atoms with Crippen molar-refractivity contribution in [2.24, 2.45) is 0 Å². The highest BCUT2D eigenvalue weighted by Gasteiger charge is 2.02. The van der Waals surface area contributed by atoms with E-state index in [0.717, 1.165) is 27.3 Å². The summed E-state index contributed by atoms with van der Waals surface area (Å²) in [5, 5.41) is 0. The summed E-state index contributed by atoms with van der Waals surface area (Å²) >= 11 is 1.16. The van der Waals surface area contributed by atoms with Crippen LogP contribution >= 0.6 is 11.3 Å². The Balaban J connectivity index is 2.63. The Morgan fingerprint density at radius 1 is 1.21 bits per heavy atom. The zero-order valence-corrected chi connectivity index (χ0v) is 7.99. The van der Waals surface area contributed by atoms with Crippen LogP contribution < -0.4 is 4.74 Å². The van der Waals surface area contributed by atoms with Gasteiger partial charge in [0.25, 0.3) is 0 Å². The molecule has 0 aliphatic rings. The molecule has 0 aliphatic heterocycles. The van der Waals surface area contributed by atoms with E-state index in [2.05, 4.69) is 4.98 Å². The molecule has 68 valence electrons. The number of fused-ring (bicyclic) bond motifs is 3. The Morgan fingerprint density at radius 3 is 3.00 bits per heavy atom. The molecule has 4 heteroatoms. The molecule has 0 unspecified atom stereocenters. The van der Waals surface area contributed by atoms with E-state index in [1.807, 2.05) is 28.7 Å². The van der Waals surface area contributed by atoms with Crippen LogP contribution in [-0.2, 0) is 0 Å². The van der Waals surface area contributed by atoms with Crippen LogP contribution in [0.25, 0.3) is 16.0 Å². The van der Waals surface area contributed by atoms with Gasteiger partial charge in [0.05, 0.1) is 11.0 Å². The van der Waals surface area contributed by atoms with Crippen LogP contribution in [0, 0.1) is 0 Å². The molecule has 0 bridgehead atoms. The van der Waals surface area contributed by atoms with Gasteiger partial charge in [0, 0.05) is 12.3 Å². The molecule has 2 heterocycles. The van der Waals surface area contributed by atoms with Gasteiger partial charge in [-0.3, -0.25) is 9.20 Å². The van der Waals surface area contributed by atoms with E-state index in [1.54, 1.807) is 12.3 Å². The lowest BCUT2D eigenvalue weighted by atomic mass is 10.3. The van der Waals surface area contributed by atoms with E-state index in [-0.39, 0.29) is 4.74 Å². The number of nitrogens with zero attached hydrogens (tertiary/aromatic N) is 2. The maximum Gasteiger partial charge on any atom is 0.237 e. The molecular weight excluding hydrogens is 196 g/mol. The van der Waals surface area contributed by atoms with Crippen molar-refractivity contribution < 1.29 is 0 Å². The molecule has 2 aromatic heterocycles. The van der Waals surface area contributed by atoms with Crippen LogP contribution in [-0.4, -0.2) is 9.38 Å². The Kier molecular flexibility index (Phi) is 1.46. The summed E-state index contributed by atoms with van der Waals surface area (Å²) in [6, 6.07) is 9.40. The summed E-state index contributed by atoms with van der Waals surface area (Å²) < 4.78 is 1.97. The monoisotopic (exact) mass is 202 g/mol. The first-order chi connectivity index (χ1) is 6.84. The van der Waals surface area contributed by atoms with Crippen molar-refractivity contribution in [2.45, 2.75) is 0 Å². The highest BCUT2D eigenvalue weighted by molar-refractivity contribution is 7.14. The van der Waals surface area contributed by atoms with Gasteiger partial charge in [-0.2, -0.15) is 0 Å². The van der Waals surface area contributed by atoms with Crippen LogP contribution in [0.3, 0.4) is 0 Å². The molecular formula is C10H6N2OS. The lowest BCUT2D eigenvalue weighted by Crippen LogP contribution is -1.93. The van der Waals surface area contributed by atoms with Crippen LogP contribution in [0.1, 0.15) is 0 Å². The Bertz CT molecular complexity index is 668. The quantitative estimate of drug-likeness (QED) is 0.558. The van der Waals surface area contributed by atoms with Gasteiger partial charge >= 0.3 is 0 Å². The van der Waals surface area contributed by atoms with Gasteiger partial charge in [0.2, 0.25) is 4.74 Å². The second-order valence-corrected chi connectivity index (χ2v) is 3.96. The first-order valence-electron chi connectivity index (χ1n) is 4.21. The molecule has 3 nitrogen and oxygen atoms in total. The zero-order valence-electron chi connectivity index (χ0n) is 7.18. The average Bonchev–Trinajstić information content (AvgIpc) is 2.54. The molecule has 14 heavy (non-hydrogen) atoms. The van der Waals surface area contributed by atoms with Gasteiger partial charge in [0.1, 0.15) is 0 Å². The minimum absolute atomic E-state index is 0.0350. The molecule has 0 amide bonds. The van der Waals surface area contributed by atoms with E-state index in [0.29, 0.717) is 0 Å². The van der Waals surface area contributed by atoms with E-state index in [1.165, 1.54) is 0 Å². The number of rotatable bonds is 0. The molecule has 0 spiro atoms. The lowest BCUT2D eigenvalue weighted by Gasteiger charge is -1.90. The van der Waals surface area contributed by atoms with Crippen LogP contribution in [0.5, 0.6) is 0 Å². The summed E-state index contributed by atoms with van der Waals surface area (Å²) in [6.45, 7) is 0. The van der Waals surface area contributed by atoms with Crippen molar-refractivity contribution in [3.8, 4) is 0 Å². The number of aromatic nitrogens is 2. The zero-order chi connectivity index (χ0) is 9.54. The fourth-order valence-electron chi connectivity index (χ4n) is 1.50. The van der Waals surface area contributed by atoms with Gasteiger partial charge in [-0.05, 0) is 12.1 Å². The van der Waals surface area contributed by atoms with Crippen molar-refractivity contribution in [3.05, 3.63) is 46.1 Å². The van der Waals surface area contributed by atoms with Gasteiger partial charge in [-0.15, -0.1) is 0 Å². The minimum atomic E-state index is 0.0350. The Labute approximate surface area is 83.3 Å². The van der Waals surface area contributed by atoms with Crippen molar-refractivity contribution in [2.75, 3.05) is 0 Å². The van der Waals surface area contributed by atoms with Crippen LogP contribution in [0.2, 0.25) is 0 Å². The highest BCUT2D eigenvalue weighted by Crippen LogP contribution is 2.16. The molecule has 0 saturated carbocycles. The fraction of sp³-hybridized carbons (Fsp3) is 0. The van der Waals surface area contributed by atoms with Gasteiger partial charge < -0.3 is 0 Å². The maximum atomic E-state index is 11.1. The lowest BCUT2D eigenvalue weighted by molar-refractivity contribution is 1.25.